The summed E-state index contributed by atoms with van der Waals surface area (Å²) < 4.78 is 0. The van der Waals surface area contributed by atoms with Gasteiger partial charge >= 0.3 is 0 Å². The van der Waals surface area contributed by atoms with E-state index in [1.54, 1.807) is 6.20 Å². The summed E-state index contributed by atoms with van der Waals surface area (Å²) in [5, 5.41) is 0. The Morgan fingerprint density at radius 1 is 0.727 bits per heavy atom. The van der Waals surface area contributed by atoms with Crippen molar-refractivity contribution in [3.63, 3.8) is 0 Å². The standard InChI is InChI=1S/C20H16N2/c1-3-12-19(13-4-1)22(20-14-5-2-6-15-20)17-9-11-18-10-7-8-16-21-18/h1-8,10,12-16H,17H2. The van der Waals surface area contributed by atoms with E-state index < -0.39 is 0 Å². The first-order valence-electron chi connectivity index (χ1n) is 7.21. The number of hydrogen-bond acceptors (Lipinski definition) is 2. The van der Waals surface area contributed by atoms with E-state index in [1.165, 1.54) is 0 Å². The molecule has 22 heavy (non-hydrogen) atoms. The summed E-state index contributed by atoms with van der Waals surface area (Å²) >= 11 is 0. The Labute approximate surface area is 131 Å². The second-order valence-corrected chi connectivity index (χ2v) is 4.77. The highest BCUT2D eigenvalue weighted by atomic mass is 15.1. The average Bonchev–Trinajstić information content (AvgIpc) is 2.61. The number of para-hydroxylation sites is 2. The van der Waals surface area contributed by atoms with Gasteiger partial charge in [-0.25, -0.2) is 4.98 Å². The van der Waals surface area contributed by atoms with Gasteiger partial charge in [-0.2, -0.15) is 0 Å². The van der Waals surface area contributed by atoms with Crippen molar-refractivity contribution >= 4 is 11.4 Å². The highest BCUT2D eigenvalue weighted by molar-refractivity contribution is 5.64. The summed E-state index contributed by atoms with van der Waals surface area (Å²) in [6, 6.07) is 26.3. The van der Waals surface area contributed by atoms with Gasteiger partial charge in [0.2, 0.25) is 0 Å². The molecule has 1 aromatic heterocycles. The molecule has 106 valence electrons. The van der Waals surface area contributed by atoms with Crippen LogP contribution in [0.15, 0.2) is 85.1 Å². The van der Waals surface area contributed by atoms with Crippen molar-refractivity contribution in [1.82, 2.24) is 4.98 Å². The fourth-order valence-electron chi connectivity index (χ4n) is 2.19. The second kappa shape index (κ2) is 7.10. The van der Waals surface area contributed by atoms with E-state index >= 15 is 0 Å². The van der Waals surface area contributed by atoms with Crippen LogP contribution in [0.2, 0.25) is 0 Å². The van der Waals surface area contributed by atoms with Gasteiger partial charge in [-0.15, -0.1) is 0 Å². The van der Waals surface area contributed by atoms with Crippen LogP contribution in [0.25, 0.3) is 0 Å². The number of benzene rings is 2. The fourth-order valence-corrected chi connectivity index (χ4v) is 2.19. The van der Waals surface area contributed by atoms with E-state index in [-0.39, 0.29) is 0 Å². The predicted molar refractivity (Wildman–Crippen MR) is 91.0 cm³/mol. The molecule has 0 N–H and O–H groups in total. The molecule has 2 heteroatoms. The van der Waals surface area contributed by atoms with Crippen LogP contribution in [0.4, 0.5) is 11.4 Å². The molecule has 0 fully saturated rings. The van der Waals surface area contributed by atoms with Crippen molar-refractivity contribution in [1.29, 1.82) is 0 Å². The maximum atomic E-state index is 4.23. The first-order chi connectivity index (χ1) is 10.9. The van der Waals surface area contributed by atoms with E-state index in [2.05, 4.69) is 46.0 Å². The third-order valence-corrected chi connectivity index (χ3v) is 3.25. The predicted octanol–water partition coefficient (Wildman–Crippen LogP) is 4.27. The molecule has 2 aromatic carbocycles. The van der Waals surface area contributed by atoms with Gasteiger partial charge in [-0.05, 0) is 42.3 Å². The van der Waals surface area contributed by atoms with Gasteiger partial charge in [-0.3, -0.25) is 0 Å². The van der Waals surface area contributed by atoms with Crippen molar-refractivity contribution in [2.45, 2.75) is 0 Å². The molecule has 0 bridgehead atoms. The maximum absolute atomic E-state index is 4.23. The van der Waals surface area contributed by atoms with Gasteiger partial charge in [0.15, 0.2) is 0 Å². The summed E-state index contributed by atoms with van der Waals surface area (Å²) in [6.45, 7) is 0.616. The van der Waals surface area contributed by atoms with Gasteiger partial charge in [0.1, 0.15) is 5.69 Å². The maximum Gasteiger partial charge on any atom is 0.113 e. The lowest BCUT2D eigenvalue weighted by Gasteiger charge is -2.22. The van der Waals surface area contributed by atoms with Crippen molar-refractivity contribution in [2.24, 2.45) is 0 Å². The third-order valence-electron chi connectivity index (χ3n) is 3.25. The second-order valence-electron chi connectivity index (χ2n) is 4.77. The molecule has 0 aliphatic rings. The monoisotopic (exact) mass is 284 g/mol. The van der Waals surface area contributed by atoms with Crippen LogP contribution in [0.1, 0.15) is 5.69 Å². The van der Waals surface area contributed by atoms with Crippen molar-refractivity contribution in [3.05, 3.63) is 90.8 Å². The van der Waals surface area contributed by atoms with Crippen LogP contribution < -0.4 is 4.90 Å². The molecule has 0 saturated carbocycles. The summed E-state index contributed by atoms with van der Waals surface area (Å²) in [5.41, 5.74) is 3.05. The highest BCUT2D eigenvalue weighted by Gasteiger charge is 2.06. The molecule has 0 aliphatic heterocycles. The quantitative estimate of drug-likeness (QED) is 0.668. The first kappa shape index (κ1) is 13.9. The summed E-state index contributed by atoms with van der Waals surface area (Å²) in [4.78, 5) is 6.42. The molecule has 3 aromatic rings. The lowest BCUT2D eigenvalue weighted by molar-refractivity contribution is 1.12. The van der Waals surface area contributed by atoms with E-state index in [0.29, 0.717) is 6.54 Å². The van der Waals surface area contributed by atoms with Crippen LogP contribution in [-0.4, -0.2) is 11.5 Å². The van der Waals surface area contributed by atoms with Crippen molar-refractivity contribution in [2.75, 3.05) is 11.4 Å². The number of anilines is 2. The zero-order valence-electron chi connectivity index (χ0n) is 12.2. The summed E-state index contributed by atoms with van der Waals surface area (Å²) in [6.07, 6.45) is 1.76. The lowest BCUT2D eigenvalue weighted by Crippen LogP contribution is -2.16. The molecule has 0 saturated heterocycles. The minimum atomic E-state index is 0.616. The zero-order chi connectivity index (χ0) is 15.0. The van der Waals surface area contributed by atoms with Gasteiger partial charge in [0.25, 0.3) is 0 Å². The fraction of sp³-hybridized carbons (Fsp3) is 0.0500. The van der Waals surface area contributed by atoms with Crippen LogP contribution >= 0.6 is 0 Å². The van der Waals surface area contributed by atoms with Crippen LogP contribution in [0, 0.1) is 11.8 Å². The molecule has 0 unspecified atom stereocenters. The van der Waals surface area contributed by atoms with Crippen LogP contribution in [0.3, 0.4) is 0 Å². The molecule has 0 atom stereocenters. The number of aromatic nitrogens is 1. The molecule has 2 nitrogen and oxygen atoms in total. The topological polar surface area (TPSA) is 16.1 Å². The minimum absolute atomic E-state index is 0.616. The van der Waals surface area contributed by atoms with E-state index in [0.717, 1.165) is 17.1 Å². The van der Waals surface area contributed by atoms with Gasteiger partial charge in [-0.1, -0.05) is 48.4 Å². The molecule has 0 spiro atoms. The Hall–Kier alpha value is -3.05. The third kappa shape index (κ3) is 3.53. The SMILES string of the molecule is C(#Cc1ccccn1)CN(c1ccccc1)c1ccccc1. The zero-order valence-corrected chi connectivity index (χ0v) is 12.2. The molecule has 0 aliphatic carbocycles. The van der Waals surface area contributed by atoms with E-state index in [9.17, 15) is 0 Å². The number of pyridine rings is 1. The molecule has 3 rings (SSSR count). The number of nitrogens with zero attached hydrogens (tertiary/aromatic N) is 2. The Bertz CT molecular complexity index is 717. The van der Waals surface area contributed by atoms with E-state index in [4.69, 9.17) is 0 Å². The van der Waals surface area contributed by atoms with Crippen molar-refractivity contribution < 1.29 is 0 Å². The largest absolute Gasteiger partial charge is 0.330 e. The molecule has 0 radical (unpaired) electrons. The average molecular weight is 284 g/mol. The van der Waals surface area contributed by atoms with Crippen molar-refractivity contribution in [3.8, 4) is 11.8 Å². The van der Waals surface area contributed by atoms with E-state index in [1.807, 2.05) is 54.6 Å². The first-order valence-corrected chi connectivity index (χ1v) is 7.21. The van der Waals surface area contributed by atoms with Gasteiger partial charge < -0.3 is 4.90 Å². The Morgan fingerprint density at radius 3 is 1.86 bits per heavy atom. The molecule has 0 amide bonds. The highest BCUT2D eigenvalue weighted by Crippen LogP contribution is 2.23. The molecule has 1 heterocycles. The molecular weight excluding hydrogens is 268 g/mol. The summed E-state index contributed by atoms with van der Waals surface area (Å²) in [5.74, 6) is 6.32. The minimum Gasteiger partial charge on any atom is -0.330 e. The van der Waals surface area contributed by atoms with Gasteiger partial charge in [0.05, 0.1) is 6.54 Å². The Balaban J connectivity index is 1.86. The Kier molecular flexibility index (Phi) is 4.49. The Morgan fingerprint density at radius 2 is 1.32 bits per heavy atom. The smallest absolute Gasteiger partial charge is 0.113 e. The van der Waals surface area contributed by atoms with Crippen LogP contribution in [0.5, 0.6) is 0 Å². The lowest BCUT2D eigenvalue weighted by atomic mass is 10.2. The molecular formula is C20H16N2. The van der Waals surface area contributed by atoms with Crippen LogP contribution in [-0.2, 0) is 0 Å². The normalized spacial score (nSPS) is 9.64. The van der Waals surface area contributed by atoms with Gasteiger partial charge in [0, 0.05) is 17.6 Å². The number of rotatable bonds is 3. The number of hydrogen-bond donors (Lipinski definition) is 0. The summed E-state index contributed by atoms with van der Waals surface area (Å²) in [7, 11) is 0.